The largest absolute Gasteiger partial charge is 0.383 e. The van der Waals surface area contributed by atoms with E-state index in [1.165, 1.54) is 57.5 Å². The molecule has 0 saturated heterocycles. The van der Waals surface area contributed by atoms with Gasteiger partial charge in [0.25, 0.3) is 0 Å². The monoisotopic (exact) mass is 313 g/mol. The molecule has 1 saturated carbocycles. The van der Waals surface area contributed by atoms with Gasteiger partial charge in [0.15, 0.2) is 0 Å². The third kappa shape index (κ3) is 7.80. The van der Waals surface area contributed by atoms with Crippen molar-refractivity contribution in [2.45, 2.75) is 77.6 Å². The van der Waals surface area contributed by atoms with Crippen molar-refractivity contribution in [2.75, 3.05) is 26.8 Å². The van der Waals surface area contributed by atoms with E-state index in [9.17, 15) is 0 Å². The third-order valence-electron chi connectivity index (χ3n) is 5.02. The summed E-state index contributed by atoms with van der Waals surface area (Å²) in [5.74, 6) is 1.01. The Morgan fingerprint density at radius 1 is 1.19 bits per heavy atom. The van der Waals surface area contributed by atoms with Crippen molar-refractivity contribution in [3.8, 4) is 0 Å². The van der Waals surface area contributed by atoms with Crippen LogP contribution < -0.4 is 5.32 Å². The van der Waals surface area contributed by atoms with Gasteiger partial charge in [0.1, 0.15) is 0 Å². The Hall–Kier alpha value is 0.137. The van der Waals surface area contributed by atoms with Crippen LogP contribution in [0.15, 0.2) is 0 Å². The predicted octanol–water partition coefficient (Wildman–Crippen LogP) is 4.93. The van der Waals surface area contributed by atoms with Crippen LogP contribution in [0, 0.1) is 11.3 Å². The Bertz CT molecular complexity index is 267. The number of nitrogens with one attached hydrogen (secondary N) is 1. The fraction of sp³-hybridized carbons (Fsp3) is 1.00. The number of hydrogen-bond donors (Lipinski definition) is 1. The van der Waals surface area contributed by atoms with Crippen molar-refractivity contribution in [1.29, 1.82) is 0 Å². The van der Waals surface area contributed by atoms with Crippen LogP contribution in [0.1, 0.15) is 51.9 Å². The number of rotatable bonds is 10. The molecule has 0 spiro atoms. The molecule has 0 aromatic carbocycles. The minimum absolute atomic E-state index is 0.584. The minimum atomic E-state index is -1.00. The van der Waals surface area contributed by atoms with Crippen LogP contribution in [0.4, 0.5) is 0 Å². The first-order chi connectivity index (χ1) is 9.91. The molecule has 0 aliphatic heterocycles. The Kier molecular flexibility index (Phi) is 8.51. The number of hydrogen-bond acceptors (Lipinski definition) is 2. The van der Waals surface area contributed by atoms with Crippen LogP contribution in [-0.2, 0) is 4.74 Å². The predicted molar refractivity (Wildman–Crippen MR) is 96.8 cm³/mol. The van der Waals surface area contributed by atoms with Crippen molar-refractivity contribution in [2.24, 2.45) is 11.3 Å². The van der Waals surface area contributed by atoms with E-state index >= 15 is 0 Å². The fourth-order valence-corrected chi connectivity index (χ4v) is 6.87. The van der Waals surface area contributed by atoms with E-state index in [1.807, 2.05) is 0 Å². The second kappa shape index (κ2) is 9.31. The highest BCUT2D eigenvalue weighted by Gasteiger charge is 2.38. The number of methoxy groups -OCH3 is 1. The molecule has 0 aromatic heterocycles. The van der Waals surface area contributed by atoms with Gasteiger partial charge in [0.05, 0.1) is 6.61 Å². The van der Waals surface area contributed by atoms with Crippen molar-refractivity contribution >= 4 is 8.07 Å². The molecule has 0 unspecified atom stereocenters. The van der Waals surface area contributed by atoms with E-state index in [1.54, 1.807) is 7.11 Å². The van der Waals surface area contributed by atoms with Gasteiger partial charge in [-0.05, 0) is 37.0 Å². The molecule has 1 rings (SSSR count). The molecule has 0 aromatic rings. The summed E-state index contributed by atoms with van der Waals surface area (Å²) in [6, 6.07) is 1.49. The molecule has 2 nitrogen and oxygen atoms in total. The quantitative estimate of drug-likeness (QED) is 0.456. The summed E-state index contributed by atoms with van der Waals surface area (Å²) >= 11 is 0. The molecular weight excluding hydrogens is 274 g/mol. The van der Waals surface area contributed by atoms with Gasteiger partial charge in [0, 0.05) is 28.3 Å². The maximum Gasteiger partial charge on any atom is 0.0587 e. The normalized spacial score (nSPS) is 27.0. The van der Waals surface area contributed by atoms with Gasteiger partial charge in [-0.25, -0.2) is 0 Å². The van der Waals surface area contributed by atoms with Crippen LogP contribution in [-0.4, -0.2) is 34.9 Å². The summed E-state index contributed by atoms with van der Waals surface area (Å²) in [5, 5.41) is 3.67. The summed E-state index contributed by atoms with van der Waals surface area (Å²) in [5.41, 5.74) is 0.584. The SMILES string of the molecule is CCCCC1CCC(CNCCOC)(C[Si](C)(C)C)CC1. The van der Waals surface area contributed by atoms with E-state index in [0.29, 0.717) is 5.41 Å². The number of ether oxygens (including phenoxy) is 1. The summed E-state index contributed by atoms with van der Waals surface area (Å²) in [6.45, 7) is 13.0. The molecule has 0 atom stereocenters. The lowest BCUT2D eigenvalue weighted by Gasteiger charge is -2.44. The van der Waals surface area contributed by atoms with Gasteiger partial charge in [-0.1, -0.05) is 51.9 Å². The highest BCUT2D eigenvalue weighted by Crippen LogP contribution is 2.45. The van der Waals surface area contributed by atoms with Gasteiger partial charge < -0.3 is 10.1 Å². The zero-order valence-electron chi connectivity index (χ0n) is 15.3. The highest BCUT2D eigenvalue weighted by atomic mass is 28.3. The molecule has 1 aliphatic rings. The molecule has 126 valence electrons. The molecule has 3 heteroatoms. The lowest BCUT2D eigenvalue weighted by Crippen LogP contribution is -2.43. The average Bonchev–Trinajstić information content (AvgIpc) is 2.41. The van der Waals surface area contributed by atoms with Crippen LogP contribution in [0.25, 0.3) is 0 Å². The van der Waals surface area contributed by atoms with Crippen molar-refractivity contribution in [3.05, 3.63) is 0 Å². The van der Waals surface area contributed by atoms with E-state index in [2.05, 4.69) is 31.9 Å². The zero-order valence-corrected chi connectivity index (χ0v) is 16.3. The lowest BCUT2D eigenvalue weighted by atomic mass is 9.70. The van der Waals surface area contributed by atoms with E-state index in [-0.39, 0.29) is 0 Å². The second-order valence-corrected chi connectivity index (χ2v) is 14.0. The zero-order chi connectivity index (χ0) is 15.8. The molecule has 0 bridgehead atoms. The highest BCUT2D eigenvalue weighted by molar-refractivity contribution is 6.76. The minimum Gasteiger partial charge on any atom is -0.383 e. The first-order valence-corrected chi connectivity index (χ1v) is 12.8. The number of unbranched alkanes of at least 4 members (excludes halogenated alkanes) is 1. The van der Waals surface area contributed by atoms with Crippen molar-refractivity contribution in [3.63, 3.8) is 0 Å². The molecule has 21 heavy (non-hydrogen) atoms. The summed E-state index contributed by atoms with van der Waals surface area (Å²) < 4.78 is 5.17. The van der Waals surface area contributed by atoms with Gasteiger partial charge in [-0.2, -0.15) is 0 Å². The molecule has 1 fully saturated rings. The Balaban J connectivity index is 2.50. The van der Waals surface area contributed by atoms with Crippen LogP contribution >= 0.6 is 0 Å². The van der Waals surface area contributed by atoms with Gasteiger partial charge >= 0.3 is 0 Å². The van der Waals surface area contributed by atoms with Crippen LogP contribution in [0.2, 0.25) is 25.7 Å². The first-order valence-electron chi connectivity index (χ1n) is 9.10. The van der Waals surface area contributed by atoms with Gasteiger partial charge in [-0.3, -0.25) is 0 Å². The molecule has 0 radical (unpaired) electrons. The van der Waals surface area contributed by atoms with Gasteiger partial charge in [0.2, 0.25) is 0 Å². The van der Waals surface area contributed by atoms with E-state index < -0.39 is 8.07 Å². The Morgan fingerprint density at radius 2 is 1.86 bits per heavy atom. The Labute approximate surface area is 134 Å². The molecule has 1 aliphatic carbocycles. The van der Waals surface area contributed by atoms with Crippen LogP contribution in [0.3, 0.4) is 0 Å². The van der Waals surface area contributed by atoms with Crippen molar-refractivity contribution < 1.29 is 4.74 Å². The van der Waals surface area contributed by atoms with Crippen molar-refractivity contribution in [1.82, 2.24) is 5.32 Å². The maximum absolute atomic E-state index is 5.17. The third-order valence-corrected chi connectivity index (χ3v) is 6.83. The van der Waals surface area contributed by atoms with Crippen LogP contribution in [0.5, 0.6) is 0 Å². The molecule has 0 amide bonds. The summed E-state index contributed by atoms with van der Waals surface area (Å²) in [4.78, 5) is 0. The smallest absolute Gasteiger partial charge is 0.0587 e. The van der Waals surface area contributed by atoms with E-state index in [0.717, 1.165) is 19.1 Å². The standard InChI is InChI=1S/C18H39NOSi/c1-6-7-8-17-9-11-18(12-10-17,16-21(3,4)5)15-19-13-14-20-2/h17,19H,6-16H2,1-5H3. The Morgan fingerprint density at radius 3 is 2.38 bits per heavy atom. The average molecular weight is 314 g/mol. The molecule has 0 heterocycles. The van der Waals surface area contributed by atoms with E-state index in [4.69, 9.17) is 4.74 Å². The first kappa shape index (κ1) is 19.2. The molecule has 1 N–H and O–H groups in total. The summed E-state index contributed by atoms with van der Waals surface area (Å²) in [7, 11) is 0.786. The maximum atomic E-state index is 5.17. The fourth-order valence-electron chi connectivity index (χ4n) is 4.14. The van der Waals surface area contributed by atoms with Gasteiger partial charge in [-0.15, -0.1) is 0 Å². The molecular formula is C18H39NOSi. The topological polar surface area (TPSA) is 21.3 Å². The lowest BCUT2D eigenvalue weighted by molar-refractivity contribution is 0.148. The summed E-state index contributed by atoms with van der Waals surface area (Å²) in [6.07, 6.45) is 10.1. The second-order valence-electron chi connectivity index (χ2n) is 8.49.